The van der Waals surface area contributed by atoms with E-state index in [1.54, 1.807) is 34.8 Å². The van der Waals surface area contributed by atoms with Gasteiger partial charge < -0.3 is 4.74 Å². The number of hydrogen-bond acceptors (Lipinski definition) is 7. The minimum atomic E-state index is -3.74. The second-order valence-electron chi connectivity index (χ2n) is 5.90. The van der Waals surface area contributed by atoms with Crippen molar-refractivity contribution >= 4 is 32.0 Å². The first-order valence-electron chi connectivity index (χ1n) is 8.49. The number of rotatable bonds is 6. The highest BCUT2D eigenvalue weighted by molar-refractivity contribution is 7.92. The minimum absolute atomic E-state index is 0.175. The van der Waals surface area contributed by atoms with Crippen molar-refractivity contribution in [1.29, 1.82) is 0 Å². The Balaban J connectivity index is 1.74. The van der Waals surface area contributed by atoms with Crippen molar-refractivity contribution < 1.29 is 13.2 Å². The van der Waals surface area contributed by atoms with Crippen molar-refractivity contribution in [3.63, 3.8) is 0 Å². The van der Waals surface area contributed by atoms with E-state index in [-0.39, 0.29) is 4.90 Å². The molecule has 0 saturated carbocycles. The Bertz CT molecular complexity index is 1230. The molecule has 2 heterocycles. The number of anilines is 1. The van der Waals surface area contributed by atoms with E-state index in [0.29, 0.717) is 21.4 Å². The van der Waals surface area contributed by atoms with Gasteiger partial charge >= 0.3 is 0 Å². The molecule has 1 N–H and O–H groups in total. The molecule has 2 aromatic carbocycles. The summed E-state index contributed by atoms with van der Waals surface area (Å²) >= 11 is 1.38. The van der Waals surface area contributed by atoms with Gasteiger partial charge in [-0.15, -0.1) is 10.2 Å². The van der Waals surface area contributed by atoms with E-state index in [9.17, 15) is 8.42 Å². The fraction of sp³-hybridized carbons (Fsp3) is 0.167. The molecule has 0 bridgehead atoms. The Morgan fingerprint density at radius 2 is 1.93 bits per heavy atom. The van der Waals surface area contributed by atoms with Crippen LogP contribution in [0.15, 0.2) is 53.4 Å². The van der Waals surface area contributed by atoms with Gasteiger partial charge in [0.15, 0.2) is 5.82 Å². The van der Waals surface area contributed by atoms with Crippen LogP contribution in [0.25, 0.3) is 15.5 Å². The van der Waals surface area contributed by atoms with Crippen LogP contribution in [0.5, 0.6) is 5.75 Å². The minimum Gasteiger partial charge on any atom is -0.495 e. The summed E-state index contributed by atoms with van der Waals surface area (Å²) in [5.41, 5.74) is 1.09. The van der Waals surface area contributed by atoms with Crippen LogP contribution in [-0.4, -0.2) is 35.3 Å². The monoisotopic (exact) mass is 415 g/mol. The highest BCUT2D eigenvalue weighted by atomic mass is 32.2. The van der Waals surface area contributed by atoms with Gasteiger partial charge in [-0.05, 0) is 30.3 Å². The van der Waals surface area contributed by atoms with Crippen LogP contribution in [0.3, 0.4) is 0 Å². The SMILES string of the molecule is CCc1nnc2sc(-c3ccc(OC)c(NS(=O)(=O)c4ccccc4)c3)nn12. The summed E-state index contributed by atoms with van der Waals surface area (Å²) in [4.78, 5) is 0.864. The summed E-state index contributed by atoms with van der Waals surface area (Å²) in [5, 5.41) is 13.5. The van der Waals surface area contributed by atoms with Gasteiger partial charge in [0.1, 0.15) is 10.8 Å². The highest BCUT2D eigenvalue weighted by Crippen LogP contribution is 2.34. The average Bonchev–Trinajstić information content (AvgIpc) is 3.29. The summed E-state index contributed by atoms with van der Waals surface area (Å²) in [6, 6.07) is 13.4. The van der Waals surface area contributed by atoms with Crippen molar-refractivity contribution in [2.24, 2.45) is 0 Å². The number of hydrogen-bond donors (Lipinski definition) is 1. The summed E-state index contributed by atoms with van der Waals surface area (Å²) in [6.45, 7) is 1.99. The van der Waals surface area contributed by atoms with E-state index in [1.807, 2.05) is 13.0 Å². The molecule has 8 nitrogen and oxygen atoms in total. The van der Waals surface area contributed by atoms with Crippen LogP contribution in [-0.2, 0) is 16.4 Å². The standard InChI is InChI=1S/C18H17N5O3S2/c1-3-16-19-20-18-23(16)21-17(27-18)12-9-10-15(26-2)14(11-12)22-28(24,25)13-7-5-4-6-8-13/h4-11,22H,3H2,1-2H3. The van der Waals surface area contributed by atoms with Crippen LogP contribution >= 0.6 is 11.3 Å². The molecule has 4 aromatic rings. The molecule has 0 amide bonds. The van der Waals surface area contributed by atoms with Gasteiger partial charge in [-0.25, -0.2) is 8.42 Å². The van der Waals surface area contributed by atoms with Gasteiger partial charge in [0.2, 0.25) is 4.96 Å². The maximum Gasteiger partial charge on any atom is 0.262 e. The number of aromatic nitrogens is 4. The number of ether oxygens (including phenoxy) is 1. The first-order chi connectivity index (χ1) is 13.5. The van der Waals surface area contributed by atoms with Crippen LogP contribution in [0.2, 0.25) is 0 Å². The van der Waals surface area contributed by atoms with Crippen LogP contribution < -0.4 is 9.46 Å². The highest BCUT2D eigenvalue weighted by Gasteiger charge is 2.18. The van der Waals surface area contributed by atoms with Crippen molar-refractivity contribution in [2.45, 2.75) is 18.2 Å². The van der Waals surface area contributed by atoms with Crippen molar-refractivity contribution in [3.05, 3.63) is 54.4 Å². The molecule has 0 unspecified atom stereocenters. The van der Waals surface area contributed by atoms with E-state index < -0.39 is 10.0 Å². The molecule has 28 heavy (non-hydrogen) atoms. The summed E-state index contributed by atoms with van der Waals surface area (Å²) < 4.78 is 35.0. The molecule has 10 heteroatoms. The lowest BCUT2D eigenvalue weighted by Crippen LogP contribution is -2.13. The molecule has 0 aliphatic carbocycles. The summed E-state index contributed by atoms with van der Waals surface area (Å²) in [6.07, 6.45) is 0.717. The van der Waals surface area contributed by atoms with Gasteiger partial charge in [0.25, 0.3) is 10.0 Å². The van der Waals surface area contributed by atoms with Crippen LogP contribution in [0, 0.1) is 0 Å². The average molecular weight is 416 g/mol. The number of benzene rings is 2. The molecule has 144 valence electrons. The molecule has 0 spiro atoms. The van der Waals surface area contributed by atoms with E-state index in [4.69, 9.17) is 4.74 Å². The number of nitrogens with zero attached hydrogens (tertiary/aromatic N) is 4. The lowest BCUT2D eigenvalue weighted by molar-refractivity contribution is 0.417. The quantitative estimate of drug-likeness (QED) is 0.519. The molecule has 4 rings (SSSR count). The Morgan fingerprint density at radius 1 is 1.14 bits per heavy atom. The molecule has 0 saturated heterocycles. The molecule has 0 atom stereocenters. The van der Waals surface area contributed by atoms with Crippen molar-refractivity contribution in [1.82, 2.24) is 19.8 Å². The molecular formula is C18H17N5O3S2. The molecule has 2 aromatic heterocycles. The fourth-order valence-corrected chi connectivity index (χ4v) is 4.66. The molecule has 0 aliphatic heterocycles. The van der Waals surface area contributed by atoms with E-state index in [0.717, 1.165) is 17.8 Å². The molecule has 0 fully saturated rings. The van der Waals surface area contributed by atoms with E-state index in [2.05, 4.69) is 20.0 Å². The lowest BCUT2D eigenvalue weighted by atomic mass is 10.2. The van der Waals surface area contributed by atoms with Crippen molar-refractivity contribution in [3.8, 4) is 16.3 Å². The largest absolute Gasteiger partial charge is 0.495 e. The third kappa shape index (κ3) is 3.32. The summed E-state index contributed by atoms with van der Waals surface area (Å²) in [5.74, 6) is 1.19. The first kappa shape index (κ1) is 18.4. The molecule has 0 radical (unpaired) electrons. The van der Waals surface area contributed by atoms with Crippen LogP contribution in [0.4, 0.5) is 5.69 Å². The zero-order valence-electron chi connectivity index (χ0n) is 15.2. The van der Waals surface area contributed by atoms with E-state index in [1.165, 1.54) is 30.6 Å². The van der Waals surface area contributed by atoms with Crippen molar-refractivity contribution in [2.75, 3.05) is 11.8 Å². The predicted molar refractivity (Wildman–Crippen MR) is 107 cm³/mol. The number of aryl methyl sites for hydroxylation is 1. The number of methoxy groups -OCH3 is 1. The lowest BCUT2D eigenvalue weighted by Gasteiger charge is -2.13. The van der Waals surface area contributed by atoms with Gasteiger partial charge in [0, 0.05) is 12.0 Å². The first-order valence-corrected chi connectivity index (χ1v) is 10.8. The van der Waals surface area contributed by atoms with Gasteiger partial charge in [-0.1, -0.05) is 36.5 Å². The smallest absolute Gasteiger partial charge is 0.262 e. The third-order valence-electron chi connectivity index (χ3n) is 4.12. The fourth-order valence-electron chi connectivity index (χ4n) is 2.72. The predicted octanol–water partition coefficient (Wildman–Crippen LogP) is 3.22. The van der Waals surface area contributed by atoms with Gasteiger partial charge in [-0.2, -0.15) is 9.61 Å². The molecular weight excluding hydrogens is 398 g/mol. The Morgan fingerprint density at radius 3 is 2.64 bits per heavy atom. The second-order valence-corrected chi connectivity index (χ2v) is 8.54. The maximum absolute atomic E-state index is 12.7. The number of sulfonamides is 1. The van der Waals surface area contributed by atoms with Crippen LogP contribution in [0.1, 0.15) is 12.7 Å². The zero-order valence-corrected chi connectivity index (χ0v) is 16.8. The third-order valence-corrected chi connectivity index (χ3v) is 6.45. The summed E-state index contributed by atoms with van der Waals surface area (Å²) in [7, 11) is -2.25. The normalized spacial score (nSPS) is 11.6. The maximum atomic E-state index is 12.7. The van der Waals surface area contributed by atoms with E-state index >= 15 is 0 Å². The molecule has 0 aliphatic rings. The topological polar surface area (TPSA) is 98.5 Å². The number of nitrogens with one attached hydrogen (secondary N) is 1. The Labute approximate surface area is 165 Å². The van der Waals surface area contributed by atoms with Gasteiger partial charge in [0.05, 0.1) is 17.7 Å². The zero-order chi connectivity index (χ0) is 19.7. The second kappa shape index (κ2) is 7.21. The van der Waals surface area contributed by atoms with Gasteiger partial charge in [-0.3, -0.25) is 4.72 Å². The number of fused-ring (bicyclic) bond motifs is 1. The Hall–Kier alpha value is -2.98. The Kier molecular flexibility index (Phi) is 4.73.